The number of ether oxygens (including phenoxy) is 1. The topological polar surface area (TPSA) is 39.4 Å². The Balaban J connectivity index is 1.88. The Bertz CT molecular complexity index is 1180. The number of rotatable bonds is 5. The summed E-state index contributed by atoms with van der Waals surface area (Å²) in [7, 11) is 1.63. The lowest BCUT2D eigenvalue weighted by Crippen LogP contribution is -2.09. The van der Waals surface area contributed by atoms with E-state index in [2.05, 4.69) is 38.1 Å². The molecule has 0 fully saturated rings. The molecule has 1 aromatic heterocycles. The number of benzene rings is 3. The van der Waals surface area contributed by atoms with Crippen molar-refractivity contribution in [1.29, 1.82) is 0 Å². The van der Waals surface area contributed by atoms with E-state index in [1.54, 1.807) is 7.11 Å². The van der Waals surface area contributed by atoms with Crippen molar-refractivity contribution in [3.63, 3.8) is 0 Å². The van der Waals surface area contributed by atoms with Crippen molar-refractivity contribution in [3.8, 4) is 16.9 Å². The predicted molar refractivity (Wildman–Crippen MR) is 118 cm³/mol. The van der Waals surface area contributed by atoms with Gasteiger partial charge in [0.2, 0.25) is 0 Å². The third-order valence-corrected chi connectivity index (χ3v) is 5.33. The van der Waals surface area contributed by atoms with Crippen LogP contribution in [-0.2, 0) is 6.42 Å². The third-order valence-electron chi connectivity index (χ3n) is 5.33. The lowest BCUT2D eigenvalue weighted by Gasteiger charge is -2.13. The first-order valence-electron chi connectivity index (χ1n) is 9.85. The molecule has 0 aliphatic rings. The molecule has 4 rings (SSSR count). The van der Waals surface area contributed by atoms with Gasteiger partial charge in [0, 0.05) is 5.39 Å². The van der Waals surface area contributed by atoms with Crippen LogP contribution in [0.1, 0.15) is 36.5 Å². The Morgan fingerprint density at radius 3 is 2.24 bits per heavy atom. The molecule has 4 aromatic rings. The average molecular weight is 384 g/mol. The van der Waals surface area contributed by atoms with Crippen LogP contribution in [0.2, 0.25) is 0 Å². The maximum Gasteiger partial charge on any atom is 0.344 e. The molecule has 0 saturated heterocycles. The van der Waals surface area contributed by atoms with E-state index >= 15 is 0 Å². The summed E-state index contributed by atoms with van der Waals surface area (Å²) in [4.78, 5) is 12.9. The molecule has 0 atom stereocenters. The fourth-order valence-electron chi connectivity index (χ4n) is 3.67. The maximum atomic E-state index is 12.9. The Morgan fingerprint density at radius 1 is 0.897 bits per heavy atom. The summed E-state index contributed by atoms with van der Waals surface area (Å²) in [6, 6.07) is 23.9. The second kappa shape index (κ2) is 7.96. The van der Waals surface area contributed by atoms with Crippen LogP contribution < -0.4 is 10.4 Å². The van der Waals surface area contributed by atoms with Gasteiger partial charge in [0.1, 0.15) is 11.3 Å². The fourth-order valence-corrected chi connectivity index (χ4v) is 3.67. The smallest absolute Gasteiger partial charge is 0.344 e. The van der Waals surface area contributed by atoms with Crippen molar-refractivity contribution in [2.45, 2.75) is 26.2 Å². The Hall–Kier alpha value is -3.33. The van der Waals surface area contributed by atoms with Crippen molar-refractivity contribution >= 4 is 11.0 Å². The number of hydrogen-bond acceptors (Lipinski definition) is 3. The molecule has 3 heteroatoms. The molecule has 0 N–H and O–H groups in total. The first-order valence-corrected chi connectivity index (χ1v) is 9.85. The minimum Gasteiger partial charge on any atom is -0.497 e. The van der Waals surface area contributed by atoms with E-state index in [4.69, 9.17) is 9.15 Å². The molecule has 29 heavy (non-hydrogen) atoms. The van der Waals surface area contributed by atoms with E-state index in [9.17, 15) is 4.79 Å². The summed E-state index contributed by atoms with van der Waals surface area (Å²) in [6.45, 7) is 4.37. The molecule has 3 nitrogen and oxygen atoms in total. The van der Waals surface area contributed by atoms with Crippen LogP contribution in [0.4, 0.5) is 0 Å². The second-order valence-corrected chi connectivity index (χ2v) is 7.54. The predicted octanol–water partition coefficient (Wildman–Crippen LogP) is 6.18. The van der Waals surface area contributed by atoms with E-state index in [1.807, 2.05) is 48.5 Å². The molecule has 146 valence electrons. The zero-order valence-electron chi connectivity index (χ0n) is 16.9. The zero-order valence-corrected chi connectivity index (χ0v) is 16.9. The van der Waals surface area contributed by atoms with Crippen LogP contribution in [0, 0.1) is 0 Å². The normalized spacial score (nSPS) is 11.2. The van der Waals surface area contributed by atoms with Gasteiger partial charge in [0.05, 0.1) is 12.7 Å². The maximum absolute atomic E-state index is 12.9. The van der Waals surface area contributed by atoms with E-state index in [-0.39, 0.29) is 5.63 Å². The lowest BCUT2D eigenvalue weighted by atomic mass is 9.92. The van der Waals surface area contributed by atoms with Gasteiger partial charge in [-0.15, -0.1) is 0 Å². The molecular weight excluding hydrogens is 360 g/mol. The molecular formula is C26H24O3. The molecule has 0 aliphatic carbocycles. The van der Waals surface area contributed by atoms with Gasteiger partial charge in [0.15, 0.2) is 0 Å². The largest absolute Gasteiger partial charge is 0.497 e. The van der Waals surface area contributed by atoms with Crippen LogP contribution in [0.25, 0.3) is 22.1 Å². The molecule has 0 bridgehead atoms. The standard InChI is InChI=1S/C26H24O3/c1-17(2)19-10-8-18(9-11-19)16-23-22-6-4-5-7-24(22)29-26(27)25(23)20-12-14-21(28-3)15-13-20/h4-15,17H,16H2,1-3H3. The van der Waals surface area contributed by atoms with Crippen LogP contribution in [0.5, 0.6) is 5.75 Å². The summed E-state index contributed by atoms with van der Waals surface area (Å²) in [6.07, 6.45) is 0.659. The quantitative estimate of drug-likeness (QED) is 0.386. The molecule has 0 amide bonds. The van der Waals surface area contributed by atoms with Crippen molar-refractivity contribution in [2.24, 2.45) is 0 Å². The van der Waals surface area contributed by atoms with Gasteiger partial charge in [-0.3, -0.25) is 0 Å². The second-order valence-electron chi connectivity index (χ2n) is 7.54. The molecule has 0 spiro atoms. The summed E-state index contributed by atoms with van der Waals surface area (Å²) in [5.74, 6) is 1.24. The summed E-state index contributed by atoms with van der Waals surface area (Å²) >= 11 is 0. The number of methoxy groups -OCH3 is 1. The van der Waals surface area contributed by atoms with Gasteiger partial charge in [-0.1, -0.05) is 68.4 Å². The highest BCUT2D eigenvalue weighted by molar-refractivity contribution is 5.87. The lowest BCUT2D eigenvalue weighted by molar-refractivity contribution is 0.415. The zero-order chi connectivity index (χ0) is 20.4. The Labute approximate surface area is 170 Å². The van der Waals surface area contributed by atoms with E-state index < -0.39 is 0 Å². The summed E-state index contributed by atoms with van der Waals surface area (Å²) in [5.41, 5.74) is 5.20. The summed E-state index contributed by atoms with van der Waals surface area (Å²) in [5, 5.41) is 0.964. The van der Waals surface area contributed by atoms with Gasteiger partial charge in [-0.25, -0.2) is 4.79 Å². The first kappa shape index (κ1) is 19.0. The minimum atomic E-state index is -0.317. The molecule has 1 heterocycles. The van der Waals surface area contributed by atoms with Crippen LogP contribution in [0.15, 0.2) is 82.0 Å². The van der Waals surface area contributed by atoms with E-state index in [0.717, 1.165) is 22.3 Å². The number of para-hydroxylation sites is 1. The van der Waals surface area contributed by atoms with Gasteiger partial charge < -0.3 is 9.15 Å². The molecule has 0 unspecified atom stereocenters. The Kier molecular flexibility index (Phi) is 5.22. The Morgan fingerprint density at radius 2 is 1.59 bits per heavy atom. The van der Waals surface area contributed by atoms with Crippen LogP contribution in [0.3, 0.4) is 0 Å². The van der Waals surface area contributed by atoms with Crippen LogP contribution >= 0.6 is 0 Å². The highest BCUT2D eigenvalue weighted by atomic mass is 16.5. The van der Waals surface area contributed by atoms with E-state index in [1.165, 1.54) is 11.1 Å². The molecule has 3 aromatic carbocycles. The van der Waals surface area contributed by atoms with Crippen molar-refractivity contribution in [1.82, 2.24) is 0 Å². The third kappa shape index (κ3) is 3.81. The van der Waals surface area contributed by atoms with E-state index in [0.29, 0.717) is 23.5 Å². The first-order chi connectivity index (χ1) is 14.1. The summed E-state index contributed by atoms with van der Waals surface area (Å²) < 4.78 is 10.9. The molecule has 0 radical (unpaired) electrons. The molecule has 0 aliphatic heterocycles. The van der Waals surface area contributed by atoms with Crippen molar-refractivity contribution < 1.29 is 9.15 Å². The monoisotopic (exact) mass is 384 g/mol. The number of hydrogen-bond donors (Lipinski definition) is 0. The molecule has 0 saturated carbocycles. The van der Waals surface area contributed by atoms with Gasteiger partial charge in [-0.05, 0) is 52.8 Å². The average Bonchev–Trinajstić information content (AvgIpc) is 2.74. The van der Waals surface area contributed by atoms with Crippen molar-refractivity contribution in [3.05, 3.63) is 99.9 Å². The SMILES string of the molecule is COc1ccc(-c2c(Cc3ccc(C(C)C)cc3)c3ccccc3oc2=O)cc1. The fraction of sp³-hybridized carbons (Fsp3) is 0.192. The van der Waals surface area contributed by atoms with Crippen molar-refractivity contribution in [2.75, 3.05) is 7.11 Å². The van der Waals surface area contributed by atoms with Crippen LogP contribution in [-0.4, -0.2) is 7.11 Å². The van der Waals surface area contributed by atoms with Gasteiger partial charge in [0.25, 0.3) is 0 Å². The minimum absolute atomic E-state index is 0.317. The highest BCUT2D eigenvalue weighted by Crippen LogP contribution is 2.30. The number of fused-ring (bicyclic) bond motifs is 1. The highest BCUT2D eigenvalue weighted by Gasteiger charge is 2.17. The van der Waals surface area contributed by atoms with Gasteiger partial charge in [-0.2, -0.15) is 0 Å². The van der Waals surface area contributed by atoms with Gasteiger partial charge >= 0.3 is 5.63 Å².